The average Bonchev–Trinajstić information content (AvgIpc) is 3.04. The molecule has 8 heteroatoms. The summed E-state index contributed by atoms with van der Waals surface area (Å²) >= 11 is 6.09. The van der Waals surface area contributed by atoms with E-state index in [2.05, 4.69) is 0 Å². The van der Waals surface area contributed by atoms with Gasteiger partial charge in [0, 0.05) is 22.3 Å². The highest BCUT2D eigenvalue weighted by Gasteiger charge is 2.48. The fraction of sp³-hybridized carbons (Fsp3) is 0.0435. The van der Waals surface area contributed by atoms with Crippen molar-refractivity contribution in [3.63, 3.8) is 0 Å². The third-order valence-corrected chi connectivity index (χ3v) is 5.24. The second-order valence-corrected chi connectivity index (χ2v) is 7.27. The Morgan fingerprint density at radius 2 is 1.65 bits per heavy atom. The maximum absolute atomic E-state index is 13.0. The molecule has 0 aliphatic carbocycles. The van der Waals surface area contributed by atoms with E-state index in [4.69, 9.17) is 11.6 Å². The Morgan fingerprint density at radius 3 is 2.32 bits per heavy atom. The van der Waals surface area contributed by atoms with Crippen molar-refractivity contribution in [1.82, 2.24) is 0 Å². The number of nitrogens with zero attached hydrogens (tertiary/aromatic N) is 2. The maximum Gasteiger partial charge on any atom is 0.300 e. The highest BCUT2D eigenvalue weighted by molar-refractivity contribution is 6.52. The molecule has 7 nitrogen and oxygen atoms in total. The Balaban J connectivity index is 2.02. The quantitative estimate of drug-likeness (QED) is 0.207. The molecule has 1 aliphatic rings. The molecule has 0 bridgehead atoms. The number of nitro groups is 1. The van der Waals surface area contributed by atoms with E-state index in [-0.39, 0.29) is 22.5 Å². The van der Waals surface area contributed by atoms with Crippen molar-refractivity contribution >= 4 is 40.4 Å². The number of benzene rings is 3. The lowest BCUT2D eigenvalue weighted by atomic mass is 9.94. The maximum atomic E-state index is 13.0. The number of anilines is 1. The van der Waals surface area contributed by atoms with Gasteiger partial charge in [-0.1, -0.05) is 60.1 Å². The summed E-state index contributed by atoms with van der Waals surface area (Å²) in [7, 11) is 0. The van der Waals surface area contributed by atoms with Gasteiger partial charge >= 0.3 is 0 Å². The van der Waals surface area contributed by atoms with Gasteiger partial charge in [-0.2, -0.15) is 0 Å². The van der Waals surface area contributed by atoms with Gasteiger partial charge in [0.25, 0.3) is 17.4 Å². The Hall–Kier alpha value is -3.97. The van der Waals surface area contributed by atoms with Gasteiger partial charge in [0.1, 0.15) is 11.8 Å². The van der Waals surface area contributed by atoms with Gasteiger partial charge in [0.2, 0.25) is 0 Å². The highest BCUT2D eigenvalue weighted by Crippen LogP contribution is 2.45. The van der Waals surface area contributed by atoms with Crippen molar-refractivity contribution < 1.29 is 19.6 Å². The molecule has 4 rings (SSSR count). The summed E-state index contributed by atoms with van der Waals surface area (Å²) in [5, 5.41) is 23.0. The zero-order valence-corrected chi connectivity index (χ0v) is 16.7. The summed E-state index contributed by atoms with van der Waals surface area (Å²) in [4.78, 5) is 38.3. The summed E-state index contributed by atoms with van der Waals surface area (Å²) in [6, 6.07) is 19.1. The Morgan fingerprint density at radius 1 is 0.968 bits per heavy atom. The molecule has 1 atom stereocenters. The van der Waals surface area contributed by atoms with Crippen LogP contribution in [0.1, 0.15) is 17.2 Å². The number of aliphatic hydroxyl groups excluding tert-OH is 1. The number of nitro benzene ring substituents is 1. The minimum absolute atomic E-state index is 0.101. The van der Waals surface area contributed by atoms with E-state index in [0.717, 1.165) is 4.90 Å². The van der Waals surface area contributed by atoms with E-state index in [9.17, 15) is 24.8 Å². The van der Waals surface area contributed by atoms with Crippen molar-refractivity contribution in [2.45, 2.75) is 6.04 Å². The first-order valence-electron chi connectivity index (χ1n) is 9.25. The lowest BCUT2D eigenvalue weighted by Gasteiger charge is -2.25. The van der Waals surface area contributed by atoms with Crippen LogP contribution in [0.25, 0.3) is 5.76 Å². The van der Waals surface area contributed by atoms with E-state index in [1.54, 1.807) is 54.6 Å². The molecule has 1 fully saturated rings. The summed E-state index contributed by atoms with van der Waals surface area (Å²) in [6.07, 6.45) is 0. The van der Waals surface area contributed by atoms with Crippen molar-refractivity contribution in [3.8, 4) is 0 Å². The summed E-state index contributed by atoms with van der Waals surface area (Å²) in [5.41, 5.74) is 0.190. The predicted octanol–water partition coefficient (Wildman–Crippen LogP) is 4.87. The Labute approximate surface area is 182 Å². The molecule has 1 amide bonds. The first-order valence-corrected chi connectivity index (χ1v) is 9.63. The number of hydrogen-bond donors (Lipinski definition) is 1. The van der Waals surface area contributed by atoms with Gasteiger partial charge in [-0.15, -0.1) is 0 Å². The number of para-hydroxylation sites is 1. The van der Waals surface area contributed by atoms with Crippen molar-refractivity contribution in [2.24, 2.45) is 0 Å². The molecule has 1 saturated heterocycles. The average molecular weight is 435 g/mol. The molecule has 154 valence electrons. The van der Waals surface area contributed by atoms with E-state index >= 15 is 0 Å². The first kappa shape index (κ1) is 20.3. The van der Waals surface area contributed by atoms with E-state index < -0.39 is 28.4 Å². The SMILES string of the molecule is O=C1C(=O)N(c2cccc(Cl)c2)C(c2ccccc2[N+](=O)[O-])C1=C(O)c1ccccc1. The van der Waals surface area contributed by atoms with Gasteiger partial charge < -0.3 is 5.11 Å². The minimum Gasteiger partial charge on any atom is -0.507 e. The van der Waals surface area contributed by atoms with Crippen molar-refractivity contribution in [3.05, 3.63) is 111 Å². The molecule has 0 saturated carbocycles. The van der Waals surface area contributed by atoms with Crippen LogP contribution in [0.15, 0.2) is 84.4 Å². The van der Waals surface area contributed by atoms with Crippen molar-refractivity contribution in [1.29, 1.82) is 0 Å². The van der Waals surface area contributed by atoms with Gasteiger partial charge in [0.15, 0.2) is 0 Å². The van der Waals surface area contributed by atoms with E-state index in [0.29, 0.717) is 10.6 Å². The van der Waals surface area contributed by atoms with Gasteiger partial charge in [-0.3, -0.25) is 24.6 Å². The lowest BCUT2D eigenvalue weighted by Crippen LogP contribution is -2.29. The molecule has 0 aromatic heterocycles. The second-order valence-electron chi connectivity index (χ2n) is 6.83. The number of amides is 1. The molecule has 3 aromatic carbocycles. The summed E-state index contributed by atoms with van der Waals surface area (Å²) in [6.45, 7) is 0. The zero-order valence-electron chi connectivity index (χ0n) is 15.9. The number of rotatable bonds is 4. The predicted molar refractivity (Wildman–Crippen MR) is 116 cm³/mol. The molecule has 1 heterocycles. The molecular formula is C23H15ClN2O5. The van der Waals surface area contributed by atoms with E-state index in [1.807, 2.05) is 0 Å². The van der Waals surface area contributed by atoms with Crippen LogP contribution in [-0.2, 0) is 9.59 Å². The molecule has 1 aliphatic heterocycles. The summed E-state index contributed by atoms with van der Waals surface area (Å²) < 4.78 is 0. The van der Waals surface area contributed by atoms with Gasteiger partial charge in [-0.05, 0) is 24.3 Å². The first-order chi connectivity index (χ1) is 14.9. The Bertz CT molecular complexity index is 1240. The Kier molecular flexibility index (Phi) is 5.27. The largest absolute Gasteiger partial charge is 0.507 e. The molecule has 1 N–H and O–H groups in total. The third kappa shape index (κ3) is 3.55. The molecule has 0 spiro atoms. The fourth-order valence-electron chi connectivity index (χ4n) is 3.66. The molecular weight excluding hydrogens is 420 g/mol. The normalized spacial score (nSPS) is 17.7. The van der Waals surface area contributed by atoms with Crippen LogP contribution in [0.5, 0.6) is 0 Å². The van der Waals surface area contributed by atoms with E-state index in [1.165, 1.54) is 24.3 Å². The van der Waals surface area contributed by atoms with Gasteiger partial charge in [-0.25, -0.2) is 0 Å². The number of ketones is 1. The number of carbonyl (C=O) groups is 2. The van der Waals surface area contributed by atoms with Crippen molar-refractivity contribution in [2.75, 3.05) is 4.90 Å². The molecule has 1 unspecified atom stereocenters. The lowest BCUT2D eigenvalue weighted by molar-refractivity contribution is -0.385. The smallest absolute Gasteiger partial charge is 0.300 e. The standard InChI is InChI=1S/C23H15ClN2O5/c24-15-9-6-10-16(13-15)25-20(17-11-4-5-12-18(17)26(30)31)19(22(28)23(25)29)21(27)14-7-2-1-3-8-14/h1-13,20,27H. The molecule has 31 heavy (non-hydrogen) atoms. The number of aliphatic hydroxyl groups is 1. The monoisotopic (exact) mass is 434 g/mol. The van der Waals surface area contributed by atoms with Crippen LogP contribution >= 0.6 is 11.6 Å². The third-order valence-electron chi connectivity index (χ3n) is 5.01. The van der Waals surface area contributed by atoms with Crippen LogP contribution in [0, 0.1) is 10.1 Å². The second kappa shape index (κ2) is 8.04. The van der Waals surface area contributed by atoms with Crippen LogP contribution in [0.2, 0.25) is 5.02 Å². The topological polar surface area (TPSA) is 101 Å². The van der Waals surface area contributed by atoms with Gasteiger partial charge in [0.05, 0.1) is 16.1 Å². The fourth-order valence-corrected chi connectivity index (χ4v) is 3.84. The summed E-state index contributed by atoms with van der Waals surface area (Å²) in [5.74, 6) is -2.26. The van der Waals surface area contributed by atoms with Crippen LogP contribution < -0.4 is 4.90 Å². The number of carbonyl (C=O) groups excluding carboxylic acids is 2. The molecule has 3 aromatic rings. The number of halogens is 1. The number of hydrogen-bond acceptors (Lipinski definition) is 5. The number of Topliss-reactive ketones (excluding diaryl/α,β-unsaturated/α-hetero) is 1. The van der Waals surface area contributed by atoms with Crippen LogP contribution in [-0.4, -0.2) is 21.7 Å². The molecule has 0 radical (unpaired) electrons. The zero-order chi connectivity index (χ0) is 22.1. The minimum atomic E-state index is -1.21. The van der Waals surface area contributed by atoms with Crippen LogP contribution in [0.3, 0.4) is 0 Å². The van der Waals surface area contributed by atoms with Crippen LogP contribution in [0.4, 0.5) is 11.4 Å². The highest BCUT2D eigenvalue weighted by atomic mass is 35.5.